The van der Waals surface area contributed by atoms with Gasteiger partial charge in [-0.25, -0.2) is 0 Å². The van der Waals surface area contributed by atoms with Gasteiger partial charge in [-0.1, -0.05) is 62.7 Å². The summed E-state index contributed by atoms with van der Waals surface area (Å²) in [6, 6.07) is 12.9. The van der Waals surface area contributed by atoms with Gasteiger partial charge in [0.15, 0.2) is 5.78 Å². The number of hydrogen-bond acceptors (Lipinski definition) is 2. The minimum atomic E-state index is -0.101. The Hall–Kier alpha value is -1.80. The predicted octanol–water partition coefficient (Wildman–Crippen LogP) is 4.84. The fourth-order valence-corrected chi connectivity index (χ4v) is 2.34. The molecule has 0 saturated heterocycles. The van der Waals surface area contributed by atoms with Crippen LogP contribution in [0.2, 0.25) is 5.02 Å². The number of rotatable bonds is 4. The van der Waals surface area contributed by atoms with E-state index in [0.717, 1.165) is 6.42 Å². The predicted molar refractivity (Wildman–Crippen MR) is 89.1 cm³/mol. The highest BCUT2D eigenvalue weighted by atomic mass is 35.5. The third-order valence-corrected chi connectivity index (χ3v) is 4.44. The fourth-order valence-electron chi connectivity index (χ4n) is 2.17. The lowest BCUT2D eigenvalue weighted by atomic mass is 9.82. The topological polar surface area (TPSA) is 43.1 Å². The van der Waals surface area contributed by atoms with Crippen molar-refractivity contribution in [3.63, 3.8) is 0 Å². The van der Waals surface area contributed by atoms with Gasteiger partial charge in [0.1, 0.15) is 0 Å². The molecule has 0 radical (unpaired) electrons. The highest BCUT2D eigenvalue weighted by Gasteiger charge is 2.19. The summed E-state index contributed by atoms with van der Waals surface area (Å²) in [7, 11) is 0. The van der Waals surface area contributed by atoms with Crippen LogP contribution in [-0.4, -0.2) is 5.78 Å². The van der Waals surface area contributed by atoms with E-state index < -0.39 is 0 Å². The molecule has 0 fully saturated rings. The van der Waals surface area contributed by atoms with Crippen molar-refractivity contribution in [1.82, 2.24) is 0 Å². The molecule has 0 aromatic heterocycles. The van der Waals surface area contributed by atoms with Crippen molar-refractivity contribution in [3.05, 3.63) is 64.2 Å². The molecule has 2 aromatic carbocycles. The second kappa shape index (κ2) is 5.90. The first-order valence-corrected chi connectivity index (χ1v) is 7.44. The maximum Gasteiger partial charge on any atom is 0.195 e. The van der Waals surface area contributed by atoms with Gasteiger partial charge in [-0.05, 0) is 29.5 Å². The Morgan fingerprint density at radius 3 is 2.33 bits per heavy atom. The first-order chi connectivity index (χ1) is 9.86. The average Bonchev–Trinajstić information content (AvgIpc) is 2.49. The molecule has 0 spiro atoms. The molecule has 0 bridgehead atoms. The Morgan fingerprint density at radius 2 is 1.76 bits per heavy atom. The molecule has 0 unspecified atom stereocenters. The summed E-state index contributed by atoms with van der Waals surface area (Å²) < 4.78 is 0. The number of ketones is 1. The molecule has 0 aliphatic heterocycles. The maximum absolute atomic E-state index is 12.5. The highest BCUT2D eigenvalue weighted by Crippen LogP contribution is 2.28. The molecule has 0 heterocycles. The number of nitrogens with two attached hydrogens (primary N) is 1. The summed E-state index contributed by atoms with van der Waals surface area (Å²) in [5.74, 6) is -0.101. The molecule has 2 aromatic rings. The summed E-state index contributed by atoms with van der Waals surface area (Å²) in [5, 5.41) is 0.407. The molecular weight excluding hydrogens is 282 g/mol. The monoisotopic (exact) mass is 301 g/mol. The first-order valence-electron chi connectivity index (χ1n) is 7.06. The van der Waals surface area contributed by atoms with Gasteiger partial charge in [0, 0.05) is 11.1 Å². The number of carbonyl (C=O) groups excluding carboxylic acids is 1. The Labute approximate surface area is 130 Å². The van der Waals surface area contributed by atoms with Crippen LogP contribution in [0.15, 0.2) is 42.5 Å². The second-order valence-electron chi connectivity index (χ2n) is 5.84. The molecule has 0 saturated carbocycles. The molecule has 2 N–H and O–H groups in total. The van der Waals surface area contributed by atoms with E-state index in [-0.39, 0.29) is 11.2 Å². The lowest BCUT2D eigenvalue weighted by Crippen LogP contribution is -2.15. The minimum Gasteiger partial charge on any atom is -0.397 e. The maximum atomic E-state index is 12.5. The van der Waals surface area contributed by atoms with Crippen LogP contribution in [0.25, 0.3) is 0 Å². The van der Waals surface area contributed by atoms with Crippen LogP contribution in [0.3, 0.4) is 0 Å². The van der Waals surface area contributed by atoms with E-state index in [1.165, 1.54) is 5.56 Å². The SMILES string of the molecule is CCC(C)(C)c1ccc(C(=O)c2cccc(Cl)c2N)cc1. The molecule has 0 amide bonds. The Bertz CT molecular complexity index is 659. The van der Waals surface area contributed by atoms with Crippen LogP contribution >= 0.6 is 11.6 Å². The van der Waals surface area contributed by atoms with Crippen LogP contribution in [0.5, 0.6) is 0 Å². The molecule has 2 nitrogen and oxygen atoms in total. The standard InChI is InChI=1S/C18H20ClNO/c1-4-18(2,3)13-10-8-12(9-11-13)17(21)14-6-5-7-15(19)16(14)20/h5-11H,4,20H2,1-3H3. The molecule has 2 rings (SSSR count). The average molecular weight is 302 g/mol. The first kappa shape index (κ1) is 15.6. The number of anilines is 1. The van der Waals surface area contributed by atoms with Gasteiger partial charge >= 0.3 is 0 Å². The van der Waals surface area contributed by atoms with Gasteiger partial charge in [-0.2, -0.15) is 0 Å². The van der Waals surface area contributed by atoms with Crippen LogP contribution in [0, 0.1) is 0 Å². The molecule has 110 valence electrons. The van der Waals surface area contributed by atoms with Gasteiger partial charge in [-0.3, -0.25) is 4.79 Å². The van der Waals surface area contributed by atoms with E-state index in [0.29, 0.717) is 21.8 Å². The largest absolute Gasteiger partial charge is 0.397 e. The molecule has 3 heteroatoms. The Kier molecular flexibility index (Phi) is 4.38. The Balaban J connectivity index is 2.35. The zero-order valence-corrected chi connectivity index (χ0v) is 13.4. The third-order valence-electron chi connectivity index (χ3n) is 4.11. The van der Waals surface area contributed by atoms with Crippen molar-refractivity contribution >= 4 is 23.1 Å². The van der Waals surface area contributed by atoms with Gasteiger partial charge in [0.2, 0.25) is 0 Å². The summed E-state index contributed by atoms with van der Waals surface area (Å²) in [4.78, 5) is 12.5. The lowest BCUT2D eigenvalue weighted by Gasteiger charge is -2.23. The fraction of sp³-hybridized carbons (Fsp3) is 0.278. The van der Waals surface area contributed by atoms with Crippen molar-refractivity contribution in [2.45, 2.75) is 32.6 Å². The lowest BCUT2D eigenvalue weighted by molar-refractivity contribution is 0.103. The van der Waals surface area contributed by atoms with E-state index in [1.54, 1.807) is 18.2 Å². The van der Waals surface area contributed by atoms with E-state index >= 15 is 0 Å². The number of carbonyl (C=O) groups is 1. The number of benzene rings is 2. The van der Waals surface area contributed by atoms with Crippen molar-refractivity contribution in [3.8, 4) is 0 Å². The summed E-state index contributed by atoms with van der Waals surface area (Å²) >= 11 is 5.97. The van der Waals surface area contributed by atoms with E-state index in [9.17, 15) is 4.79 Å². The molecule has 0 aliphatic carbocycles. The minimum absolute atomic E-state index is 0.101. The van der Waals surface area contributed by atoms with Crippen LogP contribution in [0.1, 0.15) is 48.7 Å². The van der Waals surface area contributed by atoms with Crippen LogP contribution < -0.4 is 5.73 Å². The second-order valence-corrected chi connectivity index (χ2v) is 6.25. The van der Waals surface area contributed by atoms with E-state index in [2.05, 4.69) is 20.8 Å². The molecule has 21 heavy (non-hydrogen) atoms. The quantitative estimate of drug-likeness (QED) is 0.648. The van der Waals surface area contributed by atoms with E-state index in [4.69, 9.17) is 17.3 Å². The number of hydrogen-bond donors (Lipinski definition) is 1. The normalized spacial score (nSPS) is 11.4. The molecular formula is C18H20ClNO. The molecule has 0 atom stereocenters. The number of nitrogen functional groups attached to an aromatic ring is 1. The van der Waals surface area contributed by atoms with Gasteiger partial charge in [-0.15, -0.1) is 0 Å². The number of para-hydroxylation sites is 1. The van der Waals surface area contributed by atoms with Crippen LogP contribution in [0.4, 0.5) is 5.69 Å². The zero-order chi connectivity index (χ0) is 15.6. The zero-order valence-electron chi connectivity index (χ0n) is 12.6. The van der Waals surface area contributed by atoms with E-state index in [1.807, 2.05) is 24.3 Å². The summed E-state index contributed by atoms with van der Waals surface area (Å²) in [6.07, 6.45) is 1.04. The summed E-state index contributed by atoms with van der Waals surface area (Å²) in [5.41, 5.74) is 8.63. The van der Waals surface area contributed by atoms with Crippen molar-refractivity contribution in [2.24, 2.45) is 0 Å². The van der Waals surface area contributed by atoms with Crippen molar-refractivity contribution in [1.29, 1.82) is 0 Å². The Morgan fingerprint density at radius 1 is 1.14 bits per heavy atom. The van der Waals surface area contributed by atoms with Crippen molar-refractivity contribution in [2.75, 3.05) is 5.73 Å². The van der Waals surface area contributed by atoms with Crippen molar-refractivity contribution < 1.29 is 4.79 Å². The smallest absolute Gasteiger partial charge is 0.195 e. The number of halogens is 1. The van der Waals surface area contributed by atoms with Gasteiger partial charge in [0.05, 0.1) is 10.7 Å². The highest BCUT2D eigenvalue weighted by molar-refractivity contribution is 6.34. The van der Waals surface area contributed by atoms with Gasteiger partial charge < -0.3 is 5.73 Å². The van der Waals surface area contributed by atoms with Gasteiger partial charge in [0.25, 0.3) is 0 Å². The van der Waals surface area contributed by atoms with Crippen LogP contribution in [-0.2, 0) is 5.41 Å². The molecule has 0 aliphatic rings. The third kappa shape index (κ3) is 3.11. The summed E-state index contributed by atoms with van der Waals surface area (Å²) in [6.45, 7) is 6.54.